The number of nitrogens with one attached hydrogen (secondary N) is 2. The average molecular weight is 334 g/mol. The molecule has 0 radical (unpaired) electrons. The van der Waals surface area contributed by atoms with Gasteiger partial charge in [0.2, 0.25) is 0 Å². The van der Waals surface area contributed by atoms with Crippen LogP contribution in [0.1, 0.15) is 34.6 Å². The van der Waals surface area contributed by atoms with Crippen molar-refractivity contribution in [1.29, 1.82) is 0 Å². The number of Topliss-reactive ketones (excluding diaryl/α,β-unsaturated/α-hetero) is 1. The second-order valence-corrected chi connectivity index (χ2v) is 5.59. The molecular weight excluding hydrogens is 316 g/mol. The predicted molar refractivity (Wildman–Crippen MR) is 95.6 cm³/mol. The van der Waals surface area contributed by atoms with Crippen molar-refractivity contribution in [2.45, 2.75) is 13.0 Å². The summed E-state index contributed by atoms with van der Waals surface area (Å²) < 4.78 is 5.46. The molecule has 0 bridgehead atoms. The van der Waals surface area contributed by atoms with E-state index in [0.717, 1.165) is 5.56 Å². The summed E-state index contributed by atoms with van der Waals surface area (Å²) in [5.41, 5.74) is 2.12. The first kappa shape index (κ1) is 16.5. The van der Waals surface area contributed by atoms with E-state index in [1.54, 1.807) is 36.6 Å². The van der Waals surface area contributed by atoms with Crippen molar-refractivity contribution in [2.24, 2.45) is 0 Å². The van der Waals surface area contributed by atoms with Gasteiger partial charge in [0, 0.05) is 11.3 Å². The maximum atomic E-state index is 12.4. The minimum Gasteiger partial charge on any atom is -0.467 e. The summed E-state index contributed by atoms with van der Waals surface area (Å²) >= 11 is 0. The molecule has 2 aromatic carbocycles. The number of carbonyl (C=O) groups excluding carboxylic acids is 2. The van der Waals surface area contributed by atoms with Crippen LogP contribution in [0.25, 0.3) is 0 Å². The number of rotatable bonds is 5. The third-order valence-electron chi connectivity index (χ3n) is 3.79. The van der Waals surface area contributed by atoms with Crippen LogP contribution < -0.4 is 10.6 Å². The molecule has 0 saturated heterocycles. The first-order chi connectivity index (χ1) is 12.1. The van der Waals surface area contributed by atoms with E-state index in [4.69, 9.17) is 4.42 Å². The molecule has 1 atom stereocenters. The first-order valence-corrected chi connectivity index (χ1v) is 7.90. The highest BCUT2D eigenvalue weighted by Gasteiger charge is 2.19. The van der Waals surface area contributed by atoms with E-state index < -0.39 is 6.04 Å². The SMILES string of the molecule is CC(=O)c1ccc(NC(=O)N[C@@H](c2ccccc2)c2ccco2)cc1. The molecule has 0 unspecified atom stereocenters. The summed E-state index contributed by atoms with van der Waals surface area (Å²) in [6, 6.07) is 19.2. The van der Waals surface area contributed by atoms with E-state index in [9.17, 15) is 9.59 Å². The molecule has 1 heterocycles. The summed E-state index contributed by atoms with van der Waals surface area (Å²) in [6.45, 7) is 1.50. The Hall–Kier alpha value is -3.34. The highest BCUT2D eigenvalue weighted by molar-refractivity contribution is 5.95. The number of ketones is 1. The zero-order chi connectivity index (χ0) is 17.6. The van der Waals surface area contributed by atoms with Crippen LogP contribution in [0.5, 0.6) is 0 Å². The quantitative estimate of drug-likeness (QED) is 0.680. The molecule has 0 saturated carbocycles. The third kappa shape index (κ3) is 4.14. The van der Waals surface area contributed by atoms with Gasteiger partial charge in [0.25, 0.3) is 0 Å². The van der Waals surface area contributed by atoms with Crippen LogP contribution in [0.3, 0.4) is 0 Å². The van der Waals surface area contributed by atoms with Crippen LogP contribution in [-0.2, 0) is 0 Å². The second-order valence-electron chi connectivity index (χ2n) is 5.59. The van der Waals surface area contributed by atoms with Gasteiger partial charge >= 0.3 is 6.03 Å². The Morgan fingerprint density at radius 3 is 2.24 bits per heavy atom. The zero-order valence-electron chi connectivity index (χ0n) is 13.7. The normalized spacial score (nSPS) is 11.6. The van der Waals surface area contributed by atoms with E-state index in [1.165, 1.54) is 6.92 Å². The number of anilines is 1. The van der Waals surface area contributed by atoms with Crippen molar-refractivity contribution in [3.05, 3.63) is 89.9 Å². The molecule has 5 nitrogen and oxygen atoms in total. The maximum Gasteiger partial charge on any atom is 0.320 e. The molecule has 0 aliphatic carbocycles. The number of benzene rings is 2. The third-order valence-corrected chi connectivity index (χ3v) is 3.79. The Bertz CT molecular complexity index is 840. The van der Waals surface area contributed by atoms with E-state index in [1.807, 2.05) is 36.4 Å². The fraction of sp³-hybridized carbons (Fsp3) is 0.100. The molecule has 2 N–H and O–H groups in total. The molecule has 2 amide bonds. The molecule has 5 heteroatoms. The number of furan rings is 1. The number of carbonyl (C=O) groups is 2. The lowest BCUT2D eigenvalue weighted by Crippen LogP contribution is -2.33. The molecule has 126 valence electrons. The number of urea groups is 1. The van der Waals surface area contributed by atoms with Gasteiger partial charge in [-0.25, -0.2) is 4.79 Å². The van der Waals surface area contributed by atoms with Crippen LogP contribution in [0.4, 0.5) is 10.5 Å². The van der Waals surface area contributed by atoms with Gasteiger partial charge in [0.1, 0.15) is 11.8 Å². The molecule has 0 fully saturated rings. The van der Waals surface area contributed by atoms with Crippen LogP contribution >= 0.6 is 0 Å². The topological polar surface area (TPSA) is 71.3 Å². The van der Waals surface area contributed by atoms with E-state index in [-0.39, 0.29) is 11.8 Å². The van der Waals surface area contributed by atoms with Crippen molar-refractivity contribution >= 4 is 17.5 Å². The van der Waals surface area contributed by atoms with E-state index in [2.05, 4.69) is 10.6 Å². The van der Waals surface area contributed by atoms with Gasteiger partial charge in [-0.05, 0) is 48.9 Å². The summed E-state index contributed by atoms with van der Waals surface area (Å²) in [5, 5.41) is 5.68. The van der Waals surface area contributed by atoms with Gasteiger partial charge in [-0.1, -0.05) is 30.3 Å². The van der Waals surface area contributed by atoms with Crippen molar-refractivity contribution in [2.75, 3.05) is 5.32 Å². The van der Waals surface area contributed by atoms with Gasteiger partial charge in [0.05, 0.1) is 6.26 Å². The summed E-state index contributed by atoms with van der Waals surface area (Å²) in [7, 11) is 0. The summed E-state index contributed by atoms with van der Waals surface area (Å²) in [4.78, 5) is 23.7. The fourth-order valence-electron chi connectivity index (χ4n) is 2.51. The highest BCUT2D eigenvalue weighted by Crippen LogP contribution is 2.22. The first-order valence-electron chi connectivity index (χ1n) is 7.90. The number of amides is 2. The van der Waals surface area contributed by atoms with E-state index >= 15 is 0 Å². The lowest BCUT2D eigenvalue weighted by atomic mass is 10.0. The van der Waals surface area contributed by atoms with Crippen molar-refractivity contribution < 1.29 is 14.0 Å². The smallest absolute Gasteiger partial charge is 0.320 e. The average Bonchev–Trinajstić information content (AvgIpc) is 3.15. The van der Waals surface area contributed by atoms with Gasteiger partial charge in [0.15, 0.2) is 5.78 Å². The van der Waals surface area contributed by atoms with Gasteiger partial charge in [-0.3, -0.25) is 4.79 Å². The Balaban J connectivity index is 1.73. The maximum absolute atomic E-state index is 12.4. The molecular formula is C20H18N2O3. The molecule has 0 spiro atoms. The van der Waals surface area contributed by atoms with E-state index in [0.29, 0.717) is 17.0 Å². The van der Waals surface area contributed by atoms with Crippen LogP contribution in [0.2, 0.25) is 0 Å². The van der Waals surface area contributed by atoms with Crippen molar-refractivity contribution in [3.8, 4) is 0 Å². The number of hydrogen-bond acceptors (Lipinski definition) is 3. The van der Waals surface area contributed by atoms with Crippen molar-refractivity contribution in [1.82, 2.24) is 5.32 Å². The zero-order valence-corrected chi connectivity index (χ0v) is 13.7. The largest absolute Gasteiger partial charge is 0.467 e. The van der Waals surface area contributed by atoms with Crippen LogP contribution in [0, 0.1) is 0 Å². The highest BCUT2D eigenvalue weighted by atomic mass is 16.3. The summed E-state index contributed by atoms with van der Waals surface area (Å²) in [6.07, 6.45) is 1.57. The Kier molecular flexibility index (Phi) is 4.95. The Morgan fingerprint density at radius 2 is 1.64 bits per heavy atom. The monoisotopic (exact) mass is 334 g/mol. The minimum absolute atomic E-state index is 0.0158. The van der Waals surface area contributed by atoms with Crippen LogP contribution in [0.15, 0.2) is 77.4 Å². The lowest BCUT2D eigenvalue weighted by Gasteiger charge is -2.17. The van der Waals surface area contributed by atoms with Crippen molar-refractivity contribution in [3.63, 3.8) is 0 Å². The number of hydrogen-bond donors (Lipinski definition) is 2. The Labute approximate surface area is 145 Å². The fourth-order valence-corrected chi connectivity index (χ4v) is 2.51. The van der Waals surface area contributed by atoms with Gasteiger partial charge < -0.3 is 15.1 Å². The molecule has 3 aromatic rings. The van der Waals surface area contributed by atoms with Crippen LogP contribution in [-0.4, -0.2) is 11.8 Å². The van der Waals surface area contributed by atoms with Gasteiger partial charge in [-0.15, -0.1) is 0 Å². The lowest BCUT2D eigenvalue weighted by molar-refractivity contribution is 0.101. The molecule has 0 aliphatic rings. The molecule has 3 rings (SSSR count). The standard InChI is InChI=1S/C20H18N2O3/c1-14(23)15-9-11-17(12-10-15)21-20(24)22-19(18-8-5-13-25-18)16-6-3-2-4-7-16/h2-13,19H,1H3,(H2,21,22,24)/t19-/m0/s1. The van der Waals surface area contributed by atoms with Gasteiger partial charge in [-0.2, -0.15) is 0 Å². The Morgan fingerprint density at radius 1 is 0.920 bits per heavy atom. The summed E-state index contributed by atoms with van der Waals surface area (Å²) in [5.74, 6) is 0.631. The molecule has 25 heavy (non-hydrogen) atoms. The molecule has 1 aromatic heterocycles. The minimum atomic E-state index is -0.396. The predicted octanol–water partition coefficient (Wildman–Crippen LogP) is 4.39. The second kappa shape index (κ2) is 7.49. The molecule has 0 aliphatic heterocycles.